The van der Waals surface area contributed by atoms with Crippen molar-refractivity contribution in [1.29, 1.82) is 0 Å². The van der Waals surface area contributed by atoms with Crippen molar-refractivity contribution >= 4 is 39.5 Å². The van der Waals surface area contributed by atoms with E-state index in [-0.39, 0.29) is 17.7 Å². The highest BCUT2D eigenvalue weighted by Crippen LogP contribution is 2.25. The van der Waals surface area contributed by atoms with Crippen LogP contribution in [0.25, 0.3) is 0 Å². The van der Waals surface area contributed by atoms with Crippen molar-refractivity contribution < 1.29 is 9.59 Å². The van der Waals surface area contributed by atoms with Crippen LogP contribution in [0.4, 0.5) is 0 Å². The Labute approximate surface area is 112 Å². The first kappa shape index (κ1) is 12.6. The lowest BCUT2D eigenvalue weighted by molar-refractivity contribution is -0.135. The molecular formula is C12H12BrNO2S. The van der Waals surface area contributed by atoms with Gasteiger partial charge in [0, 0.05) is 27.5 Å². The van der Waals surface area contributed by atoms with Gasteiger partial charge in [0.2, 0.25) is 11.8 Å². The summed E-state index contributed by atoms with van der Waals surface area (Å²) < 4.78 is 1.04. The van der Waals surface area contributed by atoms with Crippen LogP contribution in [0, 0.1) is 5.92 Å². The molecule has 1 aliphatic rings. The number of nitrogens with one attached hydrogen (secondary N) is 1. The molecule has 1 N–H and O–H groups in total. The minimum atomic E-state index is -0.153. The summed E-state index contributed by atoms with van der Waals surface area (Å²) in [5, 5.41) is 2.38. The van der Waals surface area contributed by atoms with Crippen LogP contribution in [0.2, 0.25) is 0 Å². The van der Waals surface area contributed by atoms with Gasteiger partial charge in [-0.3, -0.25) is 14.9 Å². The third-order valence-corrected chi connectivity index (χ3v) is 4.32. The smallest absolute Gasteiger partial charge is 0.230 e. The molecule has 0 bridgehead atoms. The van der Waals surface area contributed by atoms with Crippen molar-refractivity contribution in [3.63, 3.8) is 0 Å². The highest BCUT2D eigenvalue weighted by Gasteiger charge is 2.26. The molecule has 0 radical (unpaired) electrons. The molecule has 1 aromatic carbocycles. The number of amides is 2. The maximum Gasteiger partial charge on any atom is 0.230 e. The molecule has 17 heavy (non-hydrogen) atoms. The maximum atomic E-state index is 11.5. The lowest BCUT2D eigenvalue weighted by Crippen LogP contribution is -2.41. The SMILES string of the molecule is O=C1CCC(CSc2ccc(Br)cc2)C(=O)N1. The number of halogens is 1. The molecule has 1 atom stereocenters. The van der Waals surface area contributed by atoms with Crippen LogP contribution in [0.3, 0.4) is 0 Å². The van der Waals surface area contributed by atoms with Gasteiger partial charge in [-0.2, -0.15) is 0 Å². The summed E-state index contributed by atoms with van der Waals surface area (Å²) in [5.74, 6) is 0.382. The van der Waals surface area contributed by atoms with Crippen LogP contribution in [0.15, 0.2) is 33.6 Å². The second kappa shape index (κ2) is 5.69. The van der Waals surface area contributed by atoms with Gasteiger partial charge in [0.25, 0.3) is 0 Å². The standard InChI is InChI=1S/C12H12BrNO2S/c13-9-2-4-10(5-3-9)17-7-8-1-6-11(15)14-12(8)16/h2-5,8H,1,6-7H2,(H,14,15,16). The fourth-order valence-electron chi connectivity index (χ4n) is 1.63. The Bertz CT molecular complexity index is 433. The summed E-state index contributed by atoms with van der Waals surface area (Å²) in [4.78, 5) is 23.7. The third kappa shape index (κ3) is 3.57. The van der Waals surface area contributed by atoms with E-state index in [1.54, 1.807) is 11.8 Å². The van der Waals surface area contributed by atoms with Crippen LogP contribution in [-0.4, -0.2) is 17.6 Å². The molecular weight excluding hydrogens is 302 g/mol. The number of rotatable bonds is 3. The predicted octanol–water partition coefficient (Wildman–Crippen LogP) is 2.59. The van der Waals surface area contributed by atoms with Crippen molar-refractivity contribution in [1.82, 2.24) is 5.32 Å². The normalized spacial score (nSPS) is 20.2. The van der Waals surface area contributed by atoms with Crippen molar-refractivity contribution in [3.05, 3.63) is 28.7 Å². The van der Waals surface area contributed by atoms with Crippen molar-refractivity contribution in [2.45, 2.75) is 17.7 Å². The maximum absolute atomic E-state index is 11.5. The monoisotopic (exact) mass is 313 g/mol. The van der Waals surface area contributed by atoms with E-state index in [2.05, 4.69) is 21.2 Å². The molecule has 2 rings (SSSR count). The Morgan fingerprint density at radius 3 is 2.65 bits per heavy atom. The summed E-state index contributed by atoms with van der Waals surface area (Å²) in [5.41, 5.74) is 0. The van der Waals surface area contributed by atoms with Gasteiger partial charge in [-0.05, 0) is 30.7 Å². The number of hydrogen-bond acceptors (Lipinski definition) is 3. The predicted molar refractivity (Wildman–Crippen MR) is 70.7 cm³/mol. The van der Waals surface area contributed by atoms with E-state index < -0.39 is 0 Å². The lowest BCUT2D eigenvalue weighted by Gasteiger charge is -2.20. The van der Waals surface area contributed by atoms with Crippen molar-refractivity contribution in [2.75, 3.05) is 5.75 Å². The largest absolute Gasteiger partial charge is 0.296 e. The van der Waals surface area contributed by atoms with E-state index in [9.17, 15) is 9.59 Å². The molecule has 1 unspecified atom stereocenters. The minimum Gasteiger partial charge on any atom is -0.296 e. The summed E-state index contributed by atoms with van der Waals surface area (Å²) in [6, 6.07) is 7.99. The van der Waals surface area contributed by atoms with Gasteiger partial charge >= 0.3 is 0 Å². The molecule has 5 heteroatoms. The lowest BCUT2D eigenvalue weighted by atomic mass is 10.0. The first-order valence-electron chi connectivity index (χ1n) is 5.37. The zero-order valence-electron chi connectivity index (χ0n) is 9.11. The van der Waals surface area contributed by atoms with E-state index in [0.717, 1.165) is 15.1 Å². The summed E-state index contributed by atoms with van der Waals surface area (Å²) >= 11 is 5.03. The molecule has 1 saturated heterocycles. The topological polar surface area (TPSA) is 46.2 Å². The van der Waals surface area contributed by atoms with E-state index in [1.165, 1.54) is 0 Å². The molecule has 3 nitrogen and oxygen atoms in total. The summed E-state index contributed by atoms with van der Waals surface area (Å²) in [6.45, 7) is 0. The van der Waals surface area contributed by atoms with E-state index in [0.29, 0.717) is 12.8 Å². The second-order valence-corrected chi connectivity index (χ2v) is 5.92. The summed E-state index contributed by atoms with van der Waals surface area (Å²) in [7, 11) is 0. The Morgan fingerprint density at radius 1 is 1.29 bits per heavy atom. The number of piperidine rings is 1. The fraction of sp³-hybridized carbons (Fsp3) is 0.333. The molecule has 0 spiro atoms. The van der Waals surface area contributed by atoms with Crippen LogP contribution in [-0.2, 0) is 9.59 Å². The van der Waals surface area contributed by atoms with Gasteiger partial charge in [0.15, 0.2) is 0 Å². The van der Waals surface area contributed by atoms with Gasteiger partial charge in [-0.25, -0.2) is 0 Å². The molecule has 1 aromatic rings. The van der Waals surface area contributed by atoms with Crippen LogP contribution < -0.4 is 5.32 Å². The first-order valence-corrected chi connectivity index (χ1v) is 7.15. The number of benzene rings is 1. The highest BCUT2D eigenvalue weighted by molar-refractivity contribution is 9.10. The molecule has 1 aliphatic heterocycles. The van der Waals surface area contributed by atoms with E-state index >= 15 is 0 Å². The highest BCUT2D eigenvalue weighted by atomic mass is 79.9. The van der Waals surface area contributed by atoms with Crippen LogP contribution in [0.1, 0.15) is 12.8 Å². The Balaban J connectivity index is 1.88. The molecule has 2 amide bonds. The van der Waals surface area contributed by atoms with Crippen LogP contribution in [0.5, 0.6) is 0 Å². The number of carbonyl (C=O) groups excluding carboxylic acids is 2. The van der Waals surface area contributed by atoms with Gasteiger partial charge in [-0.1, -0.05) is 15.9 Å². The third-order valence-electron chi connectivity index (χ3n) is 2.62. The molecule has 0 aromatic heterocycles. The zero-order chi connectivity index (χ0) is 12.3. The van der Waals surface area contributed by atoms with E-state index in [1.807, 2.05) is 24.3 Å². The van der Waals surface area contributed by atoms with Gasteiger partial charge in [-0.15, -0.1) is 11.8 Å². The molecule has 1 fully saturated rings. The molecule has 90 valence electrons. The van der Waals surface area contributed by atoms with Gasteiger partial charge in [0.1, 0.15) is 0 Å². The molecule has 0 saturated carbocycles. The summed E-state index contributed by atoms with van der Waals surface area (Å²) in [6.07, 6.45) is 1.12. The number of hydrogen-bond donors (Lipinski definition) is 1. The first-order chi connectivity index (χ1) is 8.15. The van der Waals surface area contributed by atoms with Crippen LogP contribution >= 0.6 is 27.7 Å². The Hall–Kier alpha value is -0.810. The van der Waals surface area contributed by atoms with E-state index in [4.69, 9.17) is 0 Å². The van der Waals surface area contributed by atoms with Crippen molar-refractivity contribution in [3.8, 4) is 0 Å². The average Bonchev–Trinajstić information content (AvgIpc) is 2.30. The average molecular weight is 314 g/mol. The number of thioether (sulfide) groups is 1. The Kier molecular flexibility index (Phi) is 4.23. The molecule has 1 heterocycles. The Morgan fingerprint density at radius 2 is 2.00 bits per heavy atom. The number of imide groups is 1. The molecule has 0 aliphatic carbocycles. The zero-order valence-corrected chi connectivity index (χ0v) is 11.5. The van der Waals surface area contributed by atoms with Gasteiger partial charge in [0.05, 0.1) is 0 Å². The van der Waals surface area contributed by atoms with Crippen molar-refractivity contribution in [2.24, 2.45) is 5.92 Å². The van der Waals surface area contributed by atoms with Gasteiger partial charge < -0.3 is 0 Å². The fourth-order valence-corrected chi connectivity index (χ4v) is 2.93. The minimum absolute atomic E-state index is 0.0543. The second-order valence-electron chi connectivity index (χ2n) is 3.91. The number of carbonyl (C=O) groups is 2. The quantitative estimate of drug-likeness (QED) is 0.689.